The van der Waals surface area contributed by atoms with Crippen molar-refractivity contribution in [2.45, 2.75) is 39.2 Å². The van der Waals surface area contributed by atoms with Gasteiger partial charge in [0.1, 0.15) is 6.07 Å². The second kappa shape index (κ2) is 5.75. The van der Waals surface area contributed by atoms with Crippen molar-refractivity contribution in [2.75, 3.05) is 5.32 Å². The third-order valence-electron chi connectivity index (χ3n) is 4.17. The van der Waals surface area contributed by atoms with Gasteiger partial charge in [0.2, 0.25) is 0 Å². The summed E-state index contributed by atoms with van der Waals surface area (Å²) in [6.45, 7) is 4.64. The van der Waals surface area contributed by atoms with Crippen LogP contribution in [0.25, 0.3) is 0 Å². The molecule has 0 amide bonds. The summed E-state index contributed by atoms with van der Waals surface area (Å²) in [5, 5.41) is 12.8. The second-order valence-electron chi connectivity index (χ2n) is 5.29. The van der Waals surface area contributed by atoms with Gasteiger partial charge in [0, 0.05) is 10.5 Å². The number of nitriles is 1. The fourth-order valence-electron chi connectivity index (χ4n) is 2.74. The zero-order valence-electron chi connectivity index (χ0n) is 10.9. The Kier molecular flexibility index (Phi) is 4.29. The number of rotatable bonds is 2. The van der Waals surface area contributed by atoms with E-state index in [0.29, 0.717) is 17.5 Å². The zero-order valence-corrected chi connectivity index (χ0v) is 12.5. The third-order valence-corrected chi connectivity index (χ3v) is 4.83. The van der Waals surface area contributed by atoms with Crippen LogP contribution in [-0.4, -0.2) is 6.04 Å². The van der Waals surface area contributed by atoms with Crippen LogP contribution in [0.15, 0.2) is 22.7 Å². The predicted octanol–water partition coefficient (Wildman–Crippen LogP) is 4.56. The van der Waals surface area contributed by atoms with Crippen molar-refractivity contribution in [3.63, 3.8) is 0 Å². The van der Waals surface area contributed by atoms with Crippen LogP contribution in [0.4, 0.5) is 5.69 Å². The van der Waals surface area contributed by atoms with Gasteiger partial charge in [-0.3, -0.25) is 0 Å². The maximum atomic E-state index is 9.23. The SMILES string of the molecule is CC1CCCC(Nc2cccc(Br)c2C#N)C1C. The Morgan fingerprint density at radius 2 is 2.11 bits per heavy atom. The molecule has 0 radical (unpaired) electrons. The topological polar surface area (TPSA) is 35.8 Å². The molecule has 3 heteroatoms. The van der Waals surface area contributed by atoms with E-state index in [9.17, 15) is 5.26 Å². The molecule has 1 saturated carbocycles. The fourth-order valence-corrected chi connectivity index (χ4v) is 3.20. The Bertz CT molecular complexity index is 464. The van der Waals surface area contributed by atoms with Gasteiger partial charge in [-0.05, 0) is 46.3 Å². The summed E-state index contributed by atoms with van der Waals surface area (Å²) < 4.78 is 0.867. The lowest BCUT2D eigenvalue weighted by Gasteiger charge is -2.35. The second-order valence-corrected chi connectivity index (χ2v) is 6.15. The molecule has 2 rings (SSSR count). The highest BCUT2D eigenvalue weighted by molar-refractivity contribution is 9.10. The number of halogens is 1. The lowest BCUT2D eigenvalue weighted by Crippen LogP contribution is -2.35. The van der Waals surface area contributed by atoms with E-state index in [2.05, 4.69) is 41.2 Å². The van der Waals surface area contributed by atoms with Crippen molar-refractivity contribution in [2.24, 2.45) is 11.8 Å². The van der Waals surface area contributed by atoms with Crippen molar-refractivity contribution in [3.8, 4) is 6.07 Å². The monoisotopic (exact) mass is 306 g/mol. The summed E-state index contributed by atoms with van der Waals surface area (Å²) in [7, 11) is 0. The maximum Gasteiger partial charge on any atom is 0.103 e. The Balaban J connectivity index is 2.19. The molecule has 0 aliphatic heterocycles. The molecule has 1 fully saturated rings. The largest absolute Gasteiger partial charge is 0.381 e. The van der Waals surface area contributed by atoms with Gasteiger partial charge in [0.25, 0.3) is 0 Å². The fraction of sp³-hybridized carbons (Fsp3) is 0.533. The number of hydrogen-bond donors (Lipinski definition) is 1. The van der Waals surface area contributed by atoms with Gasteiger partial charge in [0.05, 0.1) is 11.3 Å². The molecule has 1 aromatic rings. The van der Waals surface area contributed by atoms with Gasteiger partial charge < -0.3 is 5.32 Å². The molecule has 1 aliphatic rings. The highest BCUT2D eigenvalue weighted by Crippen LogP contribution is 2.33. The summed E-state index contributed by atoms with van der Waals surface area (Å²) in [6.07, 6.45) is 3.80. The Labute approximate surface area is 118 Å². The molecule has 1 aliphatic carbocycles. The molecule has 3 unspecified atom stereocenters. The Hall–Kier alpha value is -1.01. The van der Waals surface area contributed by atoms with E-state index in [1.807, 2.05) is 18.2 Å². The summed E-state index contributed by atoms with van der Waals surface area (Å²) >= 11 is 3.44. The van der Waals surface area contributed by atoms with Crippen LogP contribution in [0.5, 0.6) is 0 Å². The molecule has 18 heavy (non-hydrogen) atoms. The number of hydrogen-bond acceptors (Lipinski definition) is 2. The Morgan fingerprint density at radius 3 is 2.83 bits per heavy atom. The van der Waals surface area contributed by atoms with Gasteiger partial charge in [-0.15, -0.1) is 0 Å². The van der Waals surface area contributed by atoms with Crippen LogP contribution in [0.1, 0.15) is 38.7 Å². The molecule has 1 aromatic carbocycles. The lowest BCUT2D eigenvalue weighted by atomic mass is 9.78. The minimum Gasteiger partial charge on any atom is -0.381 e. The first-order valence-electron chi connectivity index (χ1n) is 6.58. The number of benzene rings is 1. The van der Waals surface area contributed by atoms with Crippen LogP contribution in [0.3, 0.4) is 0 Å². The molecule has 3 atom stereocenters. The van der Waals surface area contributed by atoms with Crippen molar-refractivity contribution >= 4 is 21.6 Å². The average molecular weight is 307 g/mol. The van der Waals surface area contributed by atoms with Gasteiger partial charge >= 0.3 is 0 Å². The molecule has 0 saturated heterocycles. The summed E-state index contributed by atoms with van der Waals surface area (Å²) in [4.78, 5) is 0. The van der Waals surface area contributed by atoms with E-state index < -0.39 is 0 Å². The molecule has 96 valence electrons. The van der Waals surface area contributed by atoms with Crippen molar-refractivity contribution < 1.29 is 0 Å². The van der Waals surface area contributed by atoms with E-state index in [1.165, 1.54) is 19.3 Å². The van der Waals surface area contributed by atoms with E-state index in [4.69, 9.17) is 0 Å². The molecule has 0 heterocycles. The van der Waals surface area contributed by atoms with Crippen LogP contribution in [0, 0.1) is 23.2 Å². The van der Waals surface area contributed by atoms with E-state index in [1.54, 1.807) is 0 Å². The zero-order chi connectivity index (χ0) is 13.1. The van der Waals surface area contributed by atoms with Crippen LogP contribution < -0.4 is 5.32 Å². The van der Waals surface area contributed by atoms with E-state index in [-0.39, 0.29) is 0 Å². The van der Waals surface area contributed by atoms with Crippen LogP contribution in [0.2, 0.25) is 0 Å². The minimum atomic E-state index is 0.482. The van der Waals surface area contributed by atoms with Gasteiger partial charge in [-0.2, -0.15) is 5.26 Å². The van der Waals surface area contributed by atoms with Crippen molar-refractivity contribution in [1.29, 1.82) is 5.26 Å². The van der Waals surface area contributed by atoms with E-state index >= 15 is 0 Å². The molecule has 0 aromatic heterocycles. The minimum absolute atomic E-state index is 0.482. The molecular weight excluding hydrogens is 288 g/mol. The first kappa shape index (κ1) is 13.4. The standard InChI is InChI=1S/C15H19BrN2/c1-10-5-3-7-14(11(10)2)18-15-8-4-6-13(16)12(15)9-17/h4,6,8,10-11,14,18H,3,5,7H2,1-2H3. The quantitative estimate of drug-likeness (QED) is 0.869. The van der Waals surface area contributed by atoms with Gasteiger partial charge in [-0.1, -0.05) is 32.8 Å². The average Bonchev–Trinajstić information content (AvgIpc) is 2.35. The number of nitrogens with zero attached hydrogens (tertiary/aromatic N) is 1. The van der Waals surface area contributed by atoms with Crippen LogP contribution >= 0.6 is 15.9 Å². The third kappa shape index (κ3) is 2.70. The van der Waals surface area contributed by atoms with E-state index in [0.717, 1.165) is 16.1 Å². The normalized spacial score (nSPS) is 27.6. The molecule has 0 bridgehead atoms. The highest BCUT2D eigenvalue weighted by atomic mass is 79.9. The number of nitrogens with one attached hydrogen (secondary N) is 1. The molecular formula is C15H19BrN2. The summed E-state index contributed by atoms with van der Waals surface area (Å²) in [6, 6.07) is 8.64. The first-order chi connectivity index (χ1) is 8.63. The lowest BCUT2D eigenvalue weighted by molar-refractivity contribution is 0.253. The molecule has 2 nitrogen and oxygen atoms in total. The number of anilines is 1. The molecule has 1 N–H and O–H groups in total. The van der Waals surface area contributed by atoms with Gasteiger partial charge in [-0.25, -0.2) is 0 Å². The predicted molar refractivity (Wildman–Crippen MR) is 78.4 cm³/mol. The Morgan fingerprint density at radius 1 is 1.33 bits per heavy atom. The maximum absolute atomic E-state index is 9.23. The van der Waals surface area contributed by atoms with Crippen molar-refractivity contribution in [3.05, 3.63) is 28.2 Å². The smallest absolute Gasteiger partial charge is 0.103 e. The van der Waals surface area contributed by atoms with Gasteiger partial charge in [0.15, 0.2) is 0 Å². The summed E-state index contributed by atoms with van der Waals surface area (Å²) in [5.41, 5.74) is 1.67. The highest BCUT2D eigenvalue weighted by Gasteiger charge is 2.27. The van der Waals surface area contributed by atoms with Crippen molar-refractivity contribution in [1.82, 2.24) is 0 Å². The van der Waals surface area contributed by atoms with Crippen LogP contribution in [-0.2, 0) is 0 Å². The molecule has 0 spiro atoms. The summed E-state index contributed by atoms with van der Waals surface area (Å²) in [5.74, 6) is 1.42. The first-order valence-corrected chi connectivity index (χ1v) is 7.38.